The van der Waals surface area contributed by atoms with Crippen LogP contribution in [0.1, 0.15) is 457 Å². The van der Waals surface area contributed by atoms with Crippen LogP contribution in [0.2, 0.25) is 0 Å². The zero-order valence-corrected chi connectivity index (χ0v) is 62.4. The van der Waals surface area contributed by atoms with Crippen molar-refractivity contribution in [2.24, 2.45) is 0 Å². The Hall–Kier alpha value is -0.500. The molecule has 0 aliphatic rings. The molecule has 0 aromatic carbocycles. The van der Waals surface area contributed by atoms with Gasteiger partial charge in [-0.2, -0.15) is 0 Å². The number of likely N-dealkylation sites (N-methyl/N-ethyl adjacent to an activating group) is 1. The maximum absolute atomic E-state index is 13.1. The first-order chi connectivity index (χ1) is 43.5. The molecule has 0 heterocycles. The average Bonchev–Trinajstić information content (AvgIpc) is 3.61. The van der Waals surface area contributed by atoms with E-state index >= 15 is 0 Å². The number of carbonyl (C=O) groups is 1. The summed E-state index contributed by atoms with van der Waals surface area (Å²) >= 11 is 0. The SMILES string of the molecule is CCCCCCCCCCCCCCCCCCCCCCCCCCCCCCCCCCCCCCCCCCCC(=O)NC(COP(=O)(O)OCC[N+](C)(C)C)C(O)CCCCCCCCCCCCCCCCCCCCCCCCCCCC. The van der Waals surface area contributed by atoms with Gasteiger partial charge in [0.2, 0.25) is 5.91 Å². The van der Waals surface area contributed by atoms with Gasteiger partial charge in [0.05, 0.1) is 39.9 Å². The first-order valence-electron chi connectivity index (χ1n) is 40.9. The van der Waals surface area contributed by atoms with E-state index < -0.39 is 20.0 Å². The fourth-order valence-corrected chi connectivity index (χ4v) is 14.0. The van der Waals surface area contributed by atoms with Crippen molar-refractivity contribution in [1.82, 2.24) is 5.32 Å². The van der Waals surface area contributed by atoms with Gasteiger partial charge >= 0.3 is 7.82 Å². The lowest BCUT2D eigenvalue weighted by atomic mass is 10.0. The minimum Gasteiger partial charge on any atom is -0.391 e. The molecule has 534 valence electrons. The molecular formula is C80H164N2O6P+. The molecule has 0 aliphatic carbocycles. The van der Waals surface area contributed by atoms with Gasteiger partial charge in [0, 0.05) is 6.42 Å². The van der Waals surface area contributed by atoms with Crippen molar-refractivity contribution in [2.45, 2.75) is 469 Å². The molecule has 89 heavy (non-hydrogen) atoms. The summed E-state index contributed by atoms with van der Waals surface area (Å²) in [6.45, 7) is 4.98. The standard InChI is InChI=1S/C80H163N2O6P/c1-6-8-10-12-14-16-18-20-22-24-26-28-30-32-34-35-36-37-38-39-40-41-42-43-44-45-46-47-48-50-52-54-56-58-60-62-64-66-68-70-72-74-80(84)81-78(77-88-89(85,86)87-76-75-82(3,4)5)79(83)73-71-69-67-65-63-61-59-57-55-53-51-49-33-31-29-27-25-23-21-19-17-15-13-11-9-7-2/h78-79,83H,6-77H2,1-5H3,(H-,81,84,85,86)/p+1. The van der Waals surface area contributed by atoms with Gasteiger partial charge in [0.1, 0.15) is 13.2 Å². The maximum Gasteiger partial charge on any atom is 0.472 e. The molecule has 0 saturated carbocycles. The summed E-state index contributed by atoms with van der Waals surface area (Å²) in [4.78, 5) is 23.5. The molecule has 0 aliphatic heterocycles. The van der Waals surface area contributed by atoms with E-state index in [1.165, 1.54) is 392 Å². The number of rotatable bonds is 78. The molecule has 0 rings (SSSR count). The van der Waals surface area contributed by atoms with E-state index in [0.29, 0.717) is 23.9 Å². The molecule has 3 unspecified atom stereocenters. The predicted molar refractivity (Wildman–Crippen MR) is 392 cm³/mol. The van der Waals surface area contributed by atoms with Gasteiger partial charge in [-0.25, -0.2) is 4.57 Å². The Morgan fingerprint density at radius 2 is 0.539 bits per heavy atom. The number of carbonyl (C=O) groups excluding carboxylic acids is 1. The summed E-state index contributed by atoms with van der Waals surface area (Å²) in [5.41, 5.74) is 0. The third kappa shape index (κ3) is 74.8. The maximum atomic E-state index is 13.1. The average molecular weight is 1280 g/mol. The van der Waals surface area contributed by atoms with Crippen LogP contribution in [0.3, 0.4) is 0 Å². The Morgan fingerprint density at radius 1 is 0.337 bits per heavy atom. The normalized spacial score (nSPS) is 13.4. The van der Waals surface area contributed by atoms with Crippen molar-refractivity contribution in [3.05, 3.63) is 0 Å². The monoisotopic (exact) mass is 1280 g/mol. The molecule has 0 spiro atoms. The number of hydrogen-bond acceptors (Lipinski definition) is 5. The van der Waals surface area contributed by atoms with Crippen LogP contribution >= 0.6 is 7.82 Å². The molecular weight excluding hydrogens is 1120 g/mol. The first kappa shape index (κ1) is 88.5. The van der Waals surface area contributed by atoms with Crippen molar-refractivity contribution >= 4 is 13.7 Å². The van der Waals surface area contributed by atoms with Crippen molar-refractivity contribution in [2.75, 3.05) is 40.9 Å². The Labute approximate surface area is 559 Å². The molecule has 8 nitrogen and oxygen atoms in total. The van der Waals surface area contributed by atoms with Crippen molar-refractivity contribution < 1.29 is 32.9 Å². The number of nitrogens with zero attached hydrogens (tertiary/aromatic N) is 1. The predicted octanol–water partition coefficient (Wildman–Crippen LogP) is 26.6. The number of hydrogen-bond donors (Lipinski definition) is 3. The lowest BCUT2D eigenvalue weighted by Gasteiger charge is -2.26. The Bertz CT molecular complexity index is 1410. The minimum absolute atomic E-state index is 0.0796. The van der Waals surface area contributed by atoms with E-state index in [1.807, 2.05) is 21.1 Å². The summed E-state index contributed by atoms with van der Waals surface area (Å²) in [6.07, 6.45) is 92.7. The molecule has 9 heteroatoms. The van der Waals surface area contributed by atoms with E-state index in [-0.39, 0.29) is 19.1 Å². The lowest BCUT2D eigenvalue weighted by Crippen LogP contribution is -2.46. The van der Waals surface area contributed by atoms with Gasteiger partial charge < -0.3 is 19.8 Å². The van der Waals surface area contributed by atoms with Gasteiger partial charge in [0.25, 0.3) is 0 Å². The largest absolute Gasteiger partial charge is 0.472 e. The summed E-state index contributed by atoms with van der Waals surface area (Å²) < 4.78 is 24.0. The Balaban J connectivity index is 3.84. The fraction of sp³-hybridized carbons (Fsp3) is 0.988. The summed E-state index contributed by atoms with van der Waals surface area (Å²) in [5, 5.41) is 14.2. The molecule has 0 fully saturated rings. The highest BCUT2D eigenvalue weighted by molar-refractivity contribution is 7.47. The highest BCUT2D eigenvalue weighted by Gasteiger charge is 2.28. The number of unbranched alkanes of at least 4 members (excludes halogenated alkanes) is 65. The van der Waals surface area contributed by atoms with Crippen LogP contribution in [0.25, 0.3) is 0 Å². The quantitative estimate of drug-likeness (QED) is 0.0318. The number of nitrogens with one attached hydrogen (secondary N) is 1. The summed E-state index contributed by atoms with van der Waals surface area (Å²) in [7, 11) is 1.65. The topological polar surface area (TPSA) is 105 Å². The van der Waals surface area contributed by atoms with Gasteiger partial charge in [-0.05, 0) is 12.8 Å². The van der Waals surface area contributed by atoms with Gasteiger partial charge in [0.15, 0.2) is 0 Å². The molecule has 0 bridgehead atoms. The molecule has 0 radical (unpaired) electrons. The van der Waals surface area contributed by atoms with Crippen LogP contribution in [-0.2, 0) is 18.4 Å². The highest BCUT2D eigenvalue weighted by Crippen LogP contribution is 2.43. The Kier molecular flexibility index (Phi) is 71.4. The van der Waals surface area contributed by atoms with E-state index in [9.17, 15) is 19.4 Å². The van der Waals surface area contributed by atoms with Crippen LogP contribution in [0.15, 0.2) is 0 Å². The fourth-order valence-electron chi connectivity index (χ4n) is 13.3. The number of aliphatic hydroxyl groups is 1. The van der Waals surface area contributed by atoms with E-state index in [2.05, 4.69) is 19.2 Å². The zero-order chi connectivity index (χ0) is 64.8. The molecule has 3 N–H and O–H groups in total. The number of phosphoric ester groups is 1. The minimum atomic E-state index is -4.33. The highest BCUT2D eigenvalue weighted by atomic mass is 31.2. The second kappa shape index (κ2) is 71.8. The number of quaternary nitrogens is 1. The van der Waals surface area contributed by atoms with Crippen LogP contribution in [0.4, 0.5) is 0 Å². The molecule has 0 aromatic rings. The third-order valence-corrected chi connectivity index (χ3v) is 20.6. The third-order valence-electron chi connectivity index (χ3n) is 19.6. The number of aliphatic hydroxyl groups excluding tert-OH is 1. The second-order valence-corrected chi connectivity index (χ2v) is 31.3. The summed E-state index contributed by atoms with van der Waals surface area (Å²) in [5.74, 6) is -0.131. The lowest BCUT2D eigenvalue weighted by molar-refractivity contribution is -0.870. The van der Waals surface area contributed by atoms with E-state index in [1.54, 1.807) is 0 Å². The molecule has 3 atom stereocenters. The van der Waals surface area contributed by atoms with Gasteiger partial charge in [-0.3, -0.25) is 13.8 Å². The van der Waals surface area contributed by atoms with Crippen molar-refractivity contribution in [1.29, 1.82) is 0 Å². The Morgan fingerprint density at radius 3 is 0.753 bits per heavy atom. The van der Waals surface area contributed by atoms with Gasteiger partial charge in [-0.1, -0.05) is 438 Å². The summed E-state index contributed by atoms with van der Waals surface area (Å²) in [6, 6.07) is -0.758. The number of phosphoric acid groups is 1. The number of amides is 1. The smallest absolute Gasteiger partial charge is 0.391 e. The first-order valence-corrected chi connectivity index (χ1v) is 42.4. The molecule has 0 saturated heterocycles. The second-order valence-electron chi connectivity index (χ2n) is 29.9. The van der Waals surface area contributed by atoms with E-state index in [4.69, 9.17) is 9.05 Å². The van der Waals surface area contributed by atoms with Crippen LogP contribution in [0, 0.1) is 0 Å². The van der Waals surface area contributed by atoms with Crippen molar-refractivity contribution in [3.8, 4) is 0 Å². The van der Waals surface area contributed by atoms with Crippen LogP contribution < -0.4 is 5.32 Å². The van der Waals surface area contributed by atoms with Crippen LogP contribution in [-0.4, -0.2) is 73.4 Å². The van der Waals surface area contributed by atoms with Crippen molar-refractivity contribution in [3.63, 3.8) is 0 Å². The van der Waals surface area contributed by atoms with Crippen LogP contribution in [0.5, 0.6) is 0 Å². The zero-order valence-electron chi connectivity index (χ0n) is 61.5. The van der Waals surface area contributed by atoms with E-state index in [0.717, 1.165) is 38.5 Å². The molecule has 1 amide bonds. The molecule has 0 aromatic heterocycles. The van der Waals surface area contributed by atoms with Gasteiger partial charge in [-0.15, -0.1) is 0 Å².